The van der Waals surface area contributed by atoms with Gasteiger partial charge >= 0.3 is 0 Å². The molecule has 84 valence electrons. The standard InChI is InChI=1S/C12H21N3/c1-4-8-15(9-5-2)12-11(13)7-6-10(3)14-12/h6-7H,4-5,8-9,13H2,1-3H3. The number of pyridine rings is 1. The molecule has 3 nitrogen and oxygen atoms in total. The number of nitrogen functional groups attached to an aromatic ring is 1. The second-order valence-electron chi connectivity index (χ2n) is 3.85. The minimum atomic E-state index is 0.780. The Labute approximate surface area is 92.3 Å². The Morgan fingerprint density at radius 3 is 2.33 bits per heavy atom. The molecule has 0 saturated heterocycles. The van der Waals surface area contributed by atoms with Crippen LogP contribution in [0.2, 0.25) is 0 Å². The van der Waals surface area contributed by atoms with Gasteiger partial charge in [0.05, 0.1) is 5.69 Å². The quantitative estimate of drug-likeness (QED) is 0.807. The van der Waals surface area contributed by atoms with E-state index in [1.54, 1.807) is 0 Å². The zero-order chi connectivity index (χ0) is 11.3. The molecule has 3 heteroatoms. The van der Waals surface area contributed by atoms with E-state index in [0.29, 0.717) is 0 Å². The van der Waals surface area contributed by atoms with Gasteiger partial charge in [-0.05, 0) is 31.9 Å². The van der Waals surface area contributed by atoms with Crippen molar-refractivity contribution in [3.63, 3.8) is 0 Å². The van der Waals surface area contributed by atoms with Gasteiger partial charge in [0.15, 0.2) is 5.82 Å². The van der Waals surface area contributed by atoms with Crippen LogP contribution in [0.25, 0.3) is 0 Å². The predicted octanol–water partition coefficient (Wildman–Crippen LogP) is 2.60. The van der Waals surface area contributed by atoms with E-state index < -0.39 is 0 Å². The summed E-state index contributed by atoms with van der Waals surface area (Å²) in [4.78, 5) is 6.78. The number of aryl methyl sites for hydroxylation is 1. The molecule has 1 rings (SSSR count). The summed E-state index contributed by atoms with van der Waals surface area (Å²) in [5.74, 6) is 0.943. The number of rotatable bonds is 5. The first-order chi connectivity index (χ1) is 7.19. The molecule has 0 aliphatic carbocycles. The van der Waals surface area contributed by atoms with Crippen LogP contribution < -0.4 is 10.6 Å². The number of aromatic nitrogens is 1. The lowest BCUT2D eigenvalue weighted by molar-refractivity contribution is 0.734. The van der Waals surface area contributed by atoms with Crippen molar-refractivity contribution in [1.82, 2.24) is 4.98 Å². The SMILES string of the molecule is CCCN(CCC)c1nc(C)ccc1N. The minimum Gasteiger partial charge on any atom is -0.396 e. The summed E-state index contributed by atoms with van der Waals surface area (Å²) in [5, 5.41) is 0. The van der Waals surface area contributed by atoms with E-state index in [4.69, 9.17) is 5.73 Å². The van der Waals surface area contributed by atoms with Gasteiger partial charge in [-0.3, -0.25) is 0 Å². The van der Waals surface area contributed by atoms with Crippen molar-refractivity contribution in [1.29, 1.82) is 0 Å². The highest BCUT2D eigenvalue weighted by Gasteiger charge is 2.09. The molecule has 15 heavy (non-hydrogen) atoms. The molecule has 0 bridgehead atoms. The van der Waals surface area contributed by atoms with E-state index in [1.807, 2.05) is 19.1 Å². The Hall–Kier alpha value is -1.25. The molecule has 0 aliphatic rings. The summed E-state index contributed by atoms with van der Waals surface area (Å²) in [6.07, 6.45) is 2.24. The van der Waals surface area contributed by atoms with Crippen molar-refractivity contribution in [2.75, 3.05) is 23.7 Å². The van der Waals surface area contributed by atoms with Gasteiger partial charge in [0.1, 0.15) is 0 Å². The fourth-order valence-corrected chi connectivity index (χ4v) is 1.67. The summed E-state index contributed by atoms with van der Waals surface area (Å²) in [6.45, 7) is 8.39. The maximum Gasteiger partial charge on any atom is 0.152 e. The molecule has 2 N–H and O–H groups in total. The van der Waals surface area contributed by atoms with Crippen LogP contribution in [-0.2, 0) is 0 Å². The highest BCUT2D eigenvalue weighted by atomic mass is 15.2. The second kappa shape index (κ2) is 5.59. The van der Waals surface area contributed by atoms with Gasteiger partial charge in [0.2, 0.25) is 0 Å². The van der Waals surface area contributed by atoms with Crippen molar-refractivity contribution >= 4 is 11.5 Å². The van der Waals surface area contributed by atoms with Gasteiger partial charge in [-0.2, -0.15) is 0 Å². The maximum absolute atomic E-state index is 5.95. The normalized spacial score (nSPS) is 10.3. The van der Waals surface area contributed by atoms with Crippen LogP contribution in [0.15, 0.2) is 12.1 Å². The van der Waals surface area contributed by atoms with Crippen LogP contribution in [0, 0.1) is 6.92 Å². The lowest BCUT2D eigenvalue weighted by atomic mass is 10.3. The Morgan fingerprint density at radius 1 is 1.20 bits per heavy atom. The van der Waals surface area contributed by atoms with E-state index in [2.05, 4.69) is 23.7 Å². The van der Waals surface area contributed by atoms with E-state index in [9.17, 15) is 0 Å². The summed E-state index contributed by atoms with van der Waals surface area (Å²) >= 11 is 0. The summed E-state index contributed by atoms with van der Waals surface area (Å²) in [7, 11) is 0. The molecular weight excluding hydrogens is 186 g/mol. The van der Waals surface area contributed by atoms with E-state index in [1.165, 1.54) is 0 Å². The first kappa shape index (κ1) is 11.8. The van der Waals surface area contributed by atoms with Crippen LogP contribution in [0.5, 0.6) is 0 Å². The number of nitrogens with two attached hydrogens (primary N) is 1. The summed E-state index contributed by atoms with van der Waals surface area (Å²) < 4.78 is 0. The Kier molecular flexibility index (Phi) is 4.40. The molecule has 0 amide bonds. The molecule has 0 aliphatic heterocycles. The van der Waals surface area contributed by atoms with Crippen LogP contribution in [-0.4, -0.2) is 18.1 Å². The van der Waals surface area contributed by atoms with Crippen LogP contribution in [0.4, 0.5) is 11.5 Å². The van der Waals surface area contributed by atoms with Crippen molar-refractivity contribution in [3.8, 4) is 0 Å². The number of hydrogen-bond donors (Lipinski definition) is 1. The Morgan fingerprint density at radius 2 is 1.80 bits per heavy atom. The molecule has 0 saturated carbocycles. The molecule has 0 fully saturated rings. The second-order valence-corrected chi connectivity index (χ2v) is 3.85. The van der Waals surface area contributed by atoms with Gasteiger partial charge in [0.25, 0.3) is 0 Å². The van der Waals surface area contributed by atoms with Crippen molar-refractivity contribution in [3.05, 3.63) is 17.8 Å². The van der Waals surface area contributed by atoms with Crippen LogP contribution in [0.3, 0.4) is 0 Å². The van der Waals surface area contributed by atoms with Crippen LogP contribution in [0.1, 0.15) is 32.4 Å². The molecular formula is C12H21N3. The number of nitrogens with zero attached hydrogens (tertiary/aromatic N) is 2. The third-order valence-electron chi connectivity index (χ3n) is 2.33. The van der Waals surface area contributed by atoms with Gasteiger partial charge in [-0.15, -0.1) is 0 Å². The molecule has 0 radical (unpaired) electrons. The third-order valence-corrected chi connectivity index (χ3v) is 2.33. The van der Waals surface area contributed by atoms with E-state index in [-0.39, 0.29) is 0 Å². The lowest BCUT2D eigenvalue weighted by Crippen LogP contribution is -2.27. The smallest absolute Gasteiger partial charge is 0.152 e. The highest BCUT2D eigenvalue weighted by molar-refractivity contribution is 5.62. The molecule has 1 heterocycles. The minimum absolute atomic E-state index is 0.780. The first-order valence-corrected chi connectivity index (χ1v) is 5.67. The van der Waals surface area contributed by atoms with Crippen LogP contribution >= 0.6 is 0 Å². The Bertz CT molecular complexity index is 304. The predicted molar refractivity (Wildman–Crippen MR) is 66.2 cm³/mol. The third kappa shape index (κ3) is 3.11. The fourth-order valence-electron chi connectivity index (χ4n) is 1.67. The van der Waals surface area contributed by atoms with Gasteiger partial charge < -0.3 is 10.6 Å². The average molecular weight is 207 g/mol. The monoisotopic (exact) mass is 207 g/mol. The zero-order valence-electron chi connectivity index (χ0n) is 9.95. The van der Waals surface area contributed by atoms with Crippen molar-refractivity contribution in [2.24, 2.45) is 0 Å². The fraction of sp³-hybridized carbons (Fsp3) is 0.583. The van der Waals surface area contributed by atoms with Crippen molar-refractivity contribution in [2.45, 2.75) is 33.6 Å². The highest BCUT2D eigenvalue weighted by Crippen LogP contribution is 2.21. The largest absolute Gasteiger partial charge is 0.396 e. The molecule has 1 aromatic heterocycles. The molecule has 0 aromatic carbocycles. The number of hydrogen-bond acceptors (Lipinski definition) is 3. The van der Waals surface area contributed by atoms with Crippen molar-refractivity contribution < 1.29 is 0 Å². The maximum atomic E-state index is 5.95. The zero-order valence-corrected chi connectivity index (χ0v) is 9.95. The lowest BCUT2D eigenvalue weighted by Gasteiger charge is -2.24. The Balaban J connectivity index is 2.93. The first-order valence-electron chi connectivity index (χ1n) is 5.67. The van der Waals surface area contributed by atoms with Gasteiger partial charge in [-0.25, -0.2) is 4.98 Å². The number of anilines is 2. The van der Waals surface area contributed by atoms with Gasteiger partial charge in [-0.1, -0.05) is 13.8 Å². The molecule has 0 atom stereocenters. The average Bonchev–Trinajstić information content (AvgIpc) is 2.21. The molecule has 0 unspecified atom stereocenters. The molecule has 1 aromatic rings. The van der Waals surface area contributed by atoms with E-state index >= 15 is 0 Å². The molecule has 0 spiro atoms. The summed E-state index contributed by atoms with van der Waals surface area (Å²) in [5.41, 5.74) is 7.75. The van der Waals surface area contributed by atoms with Gasteiger partial charge in [0, 0.05) is 18.8 Å². The van der Waals surface area contributed by atoms with E-state index in [0.717, 1.165) is 43.1 Å². The summed E-state index contributed by atoms with van der Waals surface area (Å²) in [6, 6.07) is 3.89. The topological polar surface area (TPSA) is 42.2 Å².